The van der Waals surface area contributed by atoms with Crippen molar-refractivity contribution in [3.63, 3.8) is 0 Å². The summed E-state index contributed by atoms with van der Waals surface area (Å²) < 4.78 is 0. The molecule has 0 aromatic heterocycles. The normalized spacial score (nSPS) is 20.4. The van der Waals surface area contributed by atoms with Gasteiger partial charge in [0, 0.05) is 12.6 Å². The molecule has 2 unspecified atom stereocenters. The fourth-order valence-corrected chi connectivity index (χ4v) is 1.94. The SMILES string of the molecule is CCC(C)(CNC(=O)NC(C)C1CCC1)C(=O)O. The third-order valence-electron chi connectivity index (χ3n) is 4.15. The van der Waals surface area contributed by atoms with Gasteiger partial charge in [-0.15, -0.1) is 0 Å². The smallest absolute Gasteiger partial charge is 0.315 e. The topological polar surface area (TPSA) is 78.4 Å². The van der Waals surface area contributed by atoms with E-state index in [0.29, 0.717) is 12.3 Å². The van der Waals surface area contributed by atoms with E-state index in [1.165, 1.54) is 19.3 Å². The van der Waals surface area contributed by atoms with Crippen molar-refractivity contribution in [2.75, 3.05) is 6.54 Å². The van der Waals surface area contributed by atoms with E-state index in [0.717, 1.165) is 0 Å². The van der Waals surface area contributed by atoms with Gasteiger partial charge in [-0.1, -0.05) is 13.3 Å². The van der Waals surface area contributed by atoms with E-state index in [1.54, 1.807) is 6.92 Å². The van der Waals surface area contributed by atoms with Crippen LogP contribution in [0.5, 0.6) is 0 Å². The highest BCUT2D eigenvalue weighted by Gasteiger charge is 2.32. The summed E-state index contributed by atoms with van der Waals surface area (Å²) in [4.78, 5) is 22.7. The number of carboxylic acids is 1. The highest BCUT2D eigenvalue weighted by Crippen LogP contribution is 2.29. The number of urea groups is 1. The number of hydrogen-bond donors (Lipinski definition) is 3. The van der Waals surface area contributed by atoms with Crippen LogP contribution in [-0.4, -0.2) is 29.7 Å². The number of carboxylic acid groups (broad SMARTS) is 1. The molecule has 104 valence electrons. The molecule has 3 N–H and O–H groups in total. The van der Waals surface area contributed by atoms with E-state index < -0.39 is 11.4 Å². The number of carbonyl (C=O) groups excluding carboxylic acids is 1. The van der Waals surface area contributed by atoms with Crippen LogP contribution in [0.4, 0.5) is 4.79 Å². The summed E-state index contributed by atoms with van der Waals surface area (Å²) in [5, 5.41) is 14.6. The summed E-state index contributed by atoms with van der Waals surface area (Å²) in [7, 11) is 0. The Morgan fingerprint density at radius 2 is 2.06 bits per heavy atom. The average molecular weight is 256 g/mol. The van der Waals surface area contributed by atoms with Crippen LogP contribution in [0.2, 0.25) is 0 Å². The van der Waals surface area contributed by atoms with Gasteiger partial charge in [-0.2, -0.15) is 0 Å². The lowest BCUT2D eigenvalue weighted by molar-refractivity contribution is -0.147. The van der Waals surface area contributed by atoms with Crippen molar-refractivity contribution >= 4 is 12.0 Å². The largest absolute Gasteiger partial charge is 0.481 e. The second kappa shape index (κ2) is 6.07. The zero-order valence-corrected chi connectivity index (χ0v) is 11.5. The molecule has 0 aromatic rings. The molecule has 0 saturated heterocycles. The van der Waals surface area contributed by atoms with Gasteiger partial charge >= 0.3 is 12.0 Å². The lowest BCUT2D eigenvalue weighted by Gasteiger charge is -2.32. The maximum absolute atomic E-state index is 11.7. The molecule has 1 aliphatic carbocycles. The molecular formula is C13H24N2O3. The first-order valence-corrected chi connectivity index (χ1v) is 6.67. The molecule has 18 heavy (non-hydrogen) atoms. The van der Waals surface area contributed by atoms with Crippen LogP contribution in [0.25, 0.3) is 0 Å². The first kappa shape index (κ1) is 14.8. The molecule has 5 nitrogen and oxygen atoms in total. The second-order valence-corrected chi connectivity index (χ2v) is 5.53. The van der Waals surface area contributed by atoms with Crippen molar-refractivity contribution in [3.05, 3.63) is 0 Å². The number of carbonyl (C=O) groups is 2. The molecule has 0 heterocycles. The monoisotopic (exact) mass is 256 g/mol. The Hall–Kier alpha value is -1.26. The molecular weight excluding hydrogens is 232 g/mol. The lowest BCUT2D eigenvalue weighted by Crippen LogP contribution is -2.49. The number of aliphatic carboxylic acids is 1. The van der Waals surface area contributed by atoms with E-state index in [4.69, 9.17) is 5.11 Å². The van der Waals surface area contributed by atoms with E-state index >= 15 is 0 Å². The van der Waals surface area contributed by atoms with Crippen LogP contribution >= 0.6 is 0 Å². The summed E-state index contributed by atoms with van der Waals surface area (Å²) in [5.41, 5.74) is -0.892. The van der Waals surface area contributed by atoms with Gasteiger partial charge in [0.1, 0.15) is 0 Å². The van der Waals surface area contributed by atoms with Crippen molar-refractivity contribution in [2.24, 2.45) is 11.3 Å². The Morgan fingerprint density at radius 1 is 1.44 bits per heavy atom. The Bertz CT molecular complexity index is 315. The van der Waals surface area contributed by atoms with E-state index in [2.05, 4.69) is 10.6 Å². The molecule has 1 saturated carbocycles. The van der Waals surface area contributed by atoms with Gasteiger partial charge in [-0.3, -0.25) is 4.79 Å². The molecule has 2 atom stereocenters. The van der Waals surface area contributed by atoms with Gasteiger partial charge in [0.05, 0.1) is 5.41 Å². The summed E-state index contributed by atoms with van der Waals surface area (Å²) in [6.07, 6.45) is 4.07. The second-order valence-electron chi connectivity index (χ2n) is 5.53. The Balaban J connectivity index is 2.33. The van der Waals surface area contributed by atoms with E-state index in [1.807, 2.05) is 13.8 Å². The molecule has 0 aliphatic heterocycles. The Labute approximate surface area is 108 Å². The van der Waals surface area contributed by atoms with E-state index in [-0.39, 0.29) is 18.6 Å². The fraction of sp³-hybridized carbons (Fsp3) is 0.846. The zero-order valence-electron chi connectivity index (χ0n) is 11.5. The molecule has 2 amide bonds. The highest BCUT2D eigenvalue weighted by molar-refractivity contribution is 5.77. The van der Waals surface area contributed by atoms with Gasteiger partial charge < -0.3 is 15.7 Å². The third-order valence-corrected chi connectivity index (χ3v) is 4.15. The van der Waals surface area contributed by atoms with Crippen molar-refractivity contribution in [1.82, 2.24) is 10.6 Å². The van der Waals surface area contributed by atoms with Crippen molar-refractivity contribution in [1.29, 1.82) is 0 Å². The fourth-order valence-electron chi connectivity index (χ4n) is 1.94. The molecule has 0 radical (unpaired) electrons. The number of rotatable bonds is 6. The van der Waals surface area contributed by atoms with Crippen LogP contribution in [0, 0.1) is 11.3 Å². The molecule has 0 aromatic carbocycles. The molecule has 5 heteroatoms. The standard InChI is InChI=1S/C13H24N2O3/c1-4-13(3,11(16)17)8-14-12(18)15-9(2)10-6-5-7-10/h9-10H,4-8H2,1-3H3,(H,16,17)(H2,14,15,18). The van der Waals surface area contributed by atoms with Gasteiger partial charge in [-0.05, 0) is 39.0 Å². The highest BCUT2D eigenvalue weighted by atomic mass is 16.4. The number of hydrogen-bond acceptors (Lipinski definition) is 2. The number of nitrogens with one attached hydrogen (secondary N) is 2. The molecule has 0 bridgehead atoms. The molecule has 0 spiro atoms. The predicted octanol–water partition coefficient (Wildman–Crippen LogP) is 1.98. The minimum Gasteiger partial charge on any atom is -0.481 e. The number of amides is 2. The van der Waals surface area contributed by atoms with Crippen molar-refractivity contribution in [3.8, 4) is 0 Å². The minimum absolute atomic E-state index is 0.155. The minimum atomic E-state index is -0.892. The van der Waals surface area contributed by atoms with Crippen LogP contribution in [0.15, 0.2) is 0 Å². The van der Waals surface area contributed by atoms with Crippen LogP contribution in [-0.2, 0) is 4.79 Å². The maximum Gasteiger partial charge on any atom is 0.315 e. The lowest BCUT2D eigenvalue weighted by atomic mass is 9.80. The van der Waals surface area contributed by atoms with Crippen LogP contribution < -0.4 is 10.6 Å². The van der Waals surface area contributed by atoms with Gasteiger partial charge in [0.25, 0.3) is 0 Å². The van der Waals surface area contributed by atoms with Crippen molar-refractivity contribution in [2.45, 2.75) is 52.5 Å². The third kappa shape index (κ3) is 3.62. The molecule has 1 aliphatic rings. The quantitative estimate of drug-likeness (QED) is 0.680. The van der Waals surface area contributed by atoms with Gasteiger partial charge in [-0.25, -0.2) is 4.79 Å². The summed E-state index contributed by atoms with van der Waals surface area (Å²) >= 11 is 0. The molecule has 1 fully saturated rings. The predicted molar refractivity (Wildman–Crippen MR) is 69.4 cm³/mol. The summed E-state index contributed by atoms with van der Waals surface area (Å²) in [6.45, 7) is 5.61. The Morgan fingerprint density at radius 3 is 2.44 bits per heavy atom. The van der Waals surface area contributed by atoms with Crippen LogP contribution in [0.1, 0.15) is 46.5 Å². The first-order valence-electron chi connectivity index (χ1n) is 6.67. The van der Waals surface area contributed by atoms with Crippen molar-refractivity contribution < 1.29 is 14.7 Å². The van der Waals surface area contributed by atoms with Gasteiger partial charge in [0.2, 0.25) is 0 Å². The first-order chi connectivity index (χ1) is 8.39. The van der Waals surface area contributed by atoms with Gasteiger partial charge in [0.15, 0.2) is 0 Å². The molecule has 1 rings (SSSR count). The Kier molecular flexibility index (Phi) is 4.99. The zero-order chi connectivity index (χ0) is 13.8. The summed E-state index contributed by atoms with van der Waals surface area (Å²) in [5.74, 6) is -0.301. The average Bonchev–Trinajstić information content (AvgIpc) is 2.23. The van der Waals surface area contributed by atoms with E-state index in [9.17, 15) is 9.59 Å². The van der Waals surface area contributed by atoms with Crippen LogP contribution in [0.3, 0.4) is 0 Å². The maximum atomic E-state index is 11.7. The summed E-state index contributed by atoms with van der Waals surface area (Å²) in [6, 6.07) is -0.105.